The number of para-hydroxylation sites is 2. The van der Waals surface area contributed by atoms with E-state index >= 15 is 0 Å². The summed E-state index contributed by atoms with van der Waals surface area (Å²) in [6, 6.07) is 15.4. The van der Waals surface area contributed by atoms with Crippen LogP contribution in [0.15, 0.2) is 48.5 Å². The number of nitrogens with zero attached hydrogens (tertiary/aromatic N) is 4. The van der Waals surface area contributed by atoms with Crippen molar-refractivity contribution >= 4 is 22.5 Å². The Morgan fingerprint density at radius 3 is 2.07 bits per heavy atom. The molecule has 7 heteroatoms. The summed E-state index contributed by atoms with van der Waals surface area (Å²) >= 11 is 0. The second-order valence-corrected chi connectivity index (χ2v) is 6.45. The molecule has 0 unspecified atom stereocenters. The number of anilines is 2. The molecule has 2 heterocycles. The number of fused-ring (bicyclic) bond motifs is 1. The molecule has 1 N–H and O–H groups in total. The summed E-state index contributed by atoms with van der Waals surface area (Å²) in [4.78, 5) is 9.61. The van der Waals surface area contributed by atoms with Gasteiger partial charge in [-0.05, 0) is 32.0 Å². The third kappa shape index (κ3) is 3.34. The van der Waals surface area contributed by atoms with Crippen LogP contribution in [0.2, 0.25) is 0 Å². The zero-order valence-corrected chi connectivity index (χ0v) is 16.2. The van der Waals surface area contributed by atoms with E-state index in [-0.39, 0.29) is 0 Å². The number of hydrogen-bond acceptors (Lipinski definition) is 6. The molecule has 0 bridgehead atoms. The third-order valence-corrected chi connectivity index (χ3v) is 4.38. The third-order valence-electron chi connectivity index (χ3n) is 4.38. The molecule has 0 aliphatic rings. The molecule has 0 radical (unpaired) electrons. The van der Waals surface area contributed by atoms with E-state index in [0.717, 1.165) is 28.1 Å². The average molecular weight is 375 g/mol. The minimum Gasteiger partial charge on any atom is -0.497 e. The first-order chi connectivity index (χ1) is 13.6. The lowest BCUT2D eigenvalue weighted by atomic mass is 10.2. The molecule has 0 aliphatic heterocycles. The minimum absolute atomic E-state index is 0.597. The highest BCUT2D eigenvalue weighted by molar-refractivity contribution is 5.79. The van der Waals surface area contributed by atoms with Gasteiger partial charge in [-0.1, -0.05) is 12.1 Å². The molecule has 0 fully saturated rings. The van der Waals surface area contributed by atoms with E-state index < -0.39 is 0 Å². The van der Waals surface area contributed by atoms with Crippen molar-refractivity contribution in [3.8, 4) is 17.3 Å². The maximum absolute atomic E-state index is 5.37. The Balaban J connectivity index is 1.88. The Bertz CT molecular complexity index is 1130. The van der Waals surface area contributed by atoms with Gasteiger partial charge >= 0.3 is 0 Å². The topological polar surface area (TPSA) is 74.1 Å². The van der Waals surface area contributed by atoms with Crippen LogP contribution in [0.25, 0.3) is 16.9 Å². The molecule has 0 amide bonds. The Hall–Kier alpha value is -3.61. The van der Waals surface area contributed by atoms with E-state index in [1.807, 2.05) is 62.4 Å². The van der Waals surface area contributed by atoms with Gasteiger partial charge < -0.3 is 14.8 Å². The summed E-state index contributed by atoms with van der Waals surface area (Å²) in [6.45, 7) is 3.95. The molecule has 0 saturated carbocycles. The van der Waals surface area contributed by atoms with E-state index in [0.29, 0.717) is 23.1 Å². The molecule has 2 aromatic heterocycles. The van der Waals surface area contributed by atoms with Crippen molar-refractivity contribution in [3.05, 3.63) is 59.9 Å². The summed E-state index contributed by atoms with van der Waals surface area (Å²) in [7, 11) is 3.24. The largest absolute Gasteiger partial charge is 0.497 e. The molecule has 7 nitrogen and oxygen atoms in total. The molecular weight excluding hydrogens is 354 g/mol. The molecule has 0 saturated heterocycles. The second-order valence-electron chi connectivity index (χ2n) is 6.45. The van der Waals surface area contributed by atoms with Crippen LogP contribution in [-0.4, -0.2) is 34.0 Å². The monoisotopic (exact) mass is 375 g/mol. The Morgan fingerprint density at radius 1 is 0.857 bits per heavy atom. The van der Waals surface area contributed by atoms with E-state index in [2.05, 4.69) is 10.4 Å². The van der Waals surface area contributed by atoms with Gasteiger partial charge in [0.2, 0.25) is 0 Å². The normalized spacial score (nSPS) is 10.9. The lowest BCUT2D eigenvalue weighted by Crippen LogP contribution is -2.08. The highest BCUT2D eigenvalue weighted by Gasteiger charge is 2.15. The first-order valence-electron chi connectivity index (χ1n) is 8.88. The zero-order valence-electron chi connectivity index (χ0n) is 16.2. The molecule has 142 valence electrons. The first-order valence-corrected chi connectivity index (χ1v) is 8.88. The number of ether oxygens (including phenoxy) is 2. The van der Waals surface area contributed by atoms with Gasteiger partial charge in [-0.25, -0.2) is 14.6 Å². The Morgan fingerprint density at radius 2 is 1.50 bits per heavy atom. The van der Waals surface area contributed by atoms with Crippen LogP contribution in [0, 0.1) is 13.8 Å². The summed E-state index contributed by atoms with van der Waals surface area (Å²) < 4.78 is 12.5. The van der Waals surface area contributed by atoms with Crippen LogP contribution < -0.4 is 14.8 Å². The van der Waals surface area contributed by atoms with Crippen LogP contribution >= 0.6 is 0 Å². The summed E-state index contributed by atoms with van der Waals surface area (Å²) in [5, 5.41) is 7.94. The predicted molar refractivity (Wildman–Crippen MR) is 109 cm³/mol. The molecule has 4 aromatic rings. The van der Waals surface area contributed by atoms with Crippen LogP contribution in [0.4, 0.5) is 11.5 Å². The number of nitrogens with one attached hydrogen (secondary N) is 1. The number of aryl methyl sites for hydroxylation is 2. The fourth-order valence-electron chi connectivity index (χ4n) is 3.08. The average Bonchev–Trinajstić information content (AvgIpc) is 3.04. The van der Waals surface area contributed by atoms with Crippen molar-refractivity contribution in [2.75, 3.05) is 19.5 Å². The van der Waals surface area contributed by atoms with Gasteiger partial charge in [0.15, 0.2) is 11.6 Å². The second kappa shape index (κ2) is 7.19. The van der Waals surface area contributed by atoms with Crippen molar-refractivity contribution < 1.29 is 9.47 Å². The van der Waals surface area contributed by atoms with Gasteiger partial charge in [0.05, 0.1) is 30.9 Å². The number of aromatic nitrogens is 4. The molecule has 0 spiro atoms. The fraction of sp³-hybridized carbons (Fsp3) is 0.190. The van der Waals surface area contributed by atoms with Crippen molar-refractivity contribution in [1.82, 2.24) is 19.7 Å². The lowest BCUT2D eigenvalue weighted by molar-refractivity contribution is 0.395. The fourth-order valence-corrected chi connectivity index (χ4v) is 3.08. The number of benzene rings is 2. The minimum atomic E-state index is 0.597. The summed E-state index contributed by atoms with van der Waals surface area (Å²) in [5.41, 5.74) is 4.28. The van der Waals surface area contributed by atoms with Crippen molar-refractivity contribution in [3.63, 3.8) is 0 Å². The lowest BCUT2D eigenvalue weighted by Gasteiger charge is -2.14. The van der Waals surface area contributed by atoms with Gasteiger partial charge in [0.1, 0.15) is 11.5 Å². The molecule has 4 rings (SSSR count). The maximum Gasteiger partial charge on any atom is 0.197 e. The van der Waals surface area contributed by atoms with Crippen LogP contribution in [0.5, 0.6) is 11.5 Å². The van der Waals surface area contributed by atoms with Crippen molar-refractivity contribution in [2.45, 2.75) is 13.8 Å². The van der Waals surface area contributed by atoms with Gasteiger partial charge in [0, 0.05) is 29.6 Å². The quantitative estimate of drug-likeness (QED) is 0.564. The van der Waals surface area contributed by atoms with E-state index in [9.17, 15) is 0 Å². The van der Waals surface area contributed by atoms with Gasteiger partial charge in [-0.15, -0.1) is 0 Å². The highest BCUT2D eigenvalue weighted by atomic mass is 16.5. The number of rotatable bonds is 5. The number of hydrogen-bond donors (Lipinski definition) is 1. The molecule has 0 atom stereocenters. The maximum atomic E-state index is 5.37. The van der Waals surface area contributed by atoms with E-state index in [4.69, 9.17) is 19.4 Å². The van der Waals surface area contributed by atoms with Crippen molar-refractivity contribution in [1.29, 1.82) is 0 Å². The summed E-state index contributed by atoms with van der Waals surface area (Å²) in [5.74, 6) is 2.60. The van der Waals surface area contributed by atoms with Crippen molar-refractivity contribution in [2.24, 2.45) is 0 Å². The van der Waals surface area contributed by atoms with Crippen LogP contribution in [0.3, 0.4) is 0 Å². The standard InChI is InChI=1S/C21H21N5O2/c1-13-9-14(2)26(25-13)21-20(23-18-7-5-6-8-19(18)24-21)22-15-10-16(27-3)12-17(11-15)28-4/h5-12H,1-4H3,(H,22,23). The predicted octanol–water partition coefficient (Wildman–Crippen LogP) is 4.19. The first kappa shape index (κ1) is 17.8. The highest BCUT2D eigenvalue weighted by Crippen LogP contribution is 2.30. The molecular formula is C21H21N5O2. The Labute approximate surface area is 163 Å². The van der Waals surface area contributed by atoms with Crippen LogP contribution in [-0.2, 0) is 0 Å². The smallest absolute Gasteiger partial charge is 0.197 e. The van der Waals surface area contributed by atoms with Gasteiger partial charge in [-0.2, -0.15) is 5.10 Å². The zero-order chi connectivity index (χ0) is 19.7. The van der Waals surface area contributed by atoms with Crippen LogP contribution in [0.1, 0.15) is 11.4 Å². The van der Waals surface area contributed by atoms with Gasteiger partial charge in [0.25, 0.3) is 0 Å². The SMILES string of the molecule is COc1cc(Nc2nc3ccccc3nc2-n2nc(C)cc2C)cc(OC)c1. The van der Waals surface area contributed by atoms with Gasteiger partial charge in [-0.3, -0.25) is 0 Å². The molecule has 2 aromatic carbocycles. The van der Waals surface area contributed by atoms with E-state index in [1.165, 1.54) is 0 Å². The summed E-state index contributed by atoms with van der Waals surface area (Å²) in [6.07, 6.45) is 0. The van der Waals surface area contributed by atoms with E-state index in [1.54, 1.807) is 18.9 Å². The molecule has 28 heavy (non-hydrogen) atoms. The number of methoxy groups -OCH3 is 2. The molecule has 0 aliphatic carbocycles. The Kier molecular flexibility index (Phi) is 4.57.